The summed E-state index contributed by atoms with van der Waals surface area (Å²) in [4.78, 5) is 8.93. The van der Waals surface area contributed by atoms with E-state index in [4.69, 9.17) is 0 Å². The molecule has 0 bridgehead atoms. The average molecular weight is 462 g/mol. The van der Waals surface area contributed by atoms with Crippen LogP contribution in [0.5, 0.6) is 0 Å². The normalized spacial score (nSPS) is 9.20. The first-order valence-corrected chi connectivity index (χ1v) is 5.79. The summed E-state index contributed by atoms with van der Waals surface area (Å²) in [5, 5.41) is 0. The second-order valence-electron chi connectivity index (χ2n) is 3.90. The van der Waals surface area contributed by atoms with Crippen molar-refractivity contribution in [1.29, 1.82) is 0 Å². The first-order valence-electron chi connectivity index (χ1n) is 5.79. The second-order valence-corrected chi connectivity index (χ2v) is 3.90. The van der Waals surface area contributed by atoms with Crippen molar-refractivity contribution in [2.24, 2.45) is 0 Å². The molecule has 3 aromatic rings. The van der Waals surface area contributed by atoms with Gasteiger partial charge in [0, 0.05) is 32.8 Å². The van der Waals surface area contributed by atoms with Crippen molar-refractivity contribution < 1.29 is 33.5 Å². The van der Waals surface area contributed by atoms with Gasteiger partial charge in [-0.1, -0.05) is 36.4 Å². The van der Waals surface area contributed by atoms with Crippen LogP contribution in [0.15, 0.2) is 66.9 Å². The Labute approximate surface area is 139 Å². The van der Waals surface area contributed by atoms with Crippen LogP contribution in [-0.4, -0.2) is 9.97 Å². The average Bonchev–Trinajstić information content (AvgIpc) is 2.49. The van der Waals surface area contributed by atoms with Crippen molar-refractivity contribution in [3.63, 3.8) is 0 Å². The molecule has 4 heteroatoms. The van der Waals surface area contributed by atoms with E-state index in [1.54, 1.807) is 6.20 Å². The van der Waals surface area contributed by atoms with E-state index in [1.165, 1.54) is 0 Å². The molecular formula is C16H11ClN2Pt-. The number of rotatable bonds is 2. The molecule has 1 aromatic carbocycles. The molecule has 2 aromatic heterocycles. The predicted octanol–water partition coefficient (Wildman–Crippen LogP) is 0.612. The minimum Gasteiger partial charge on any atom is -1.00 e. The van der Waals surface area contributed by atoms with Crippen LogP contribution in [0.2, 0.25) is 0 Å². The molecule has 3 rings (SSSR count). The van der Waals surface area contributed by atoms with Crippen LogP contribution in [-0.2, 0) is 21.1 Å². The van der Waals surface area contributed by atoms with Crippen molar-refractivity contribution in [2.45, 2.75) is 0 Å². The maximum atomic E-state index is 4.62. The molecule has 0 fully saturated rings. The fourth-order valence-electron chi connectivity index (χ4n) is 1.79. The van der Waals surface area contributed by atoms with Crippen molar-refractivity contribution in [3.8, 4) is 22.6 Å². The Kier molecular flexibility index (Phi) is 6.57. The molecular weight excluding hydrogens is 451 g/mol. The van der Waals surface area contributed by atoms with Crippen LogP contribution in [0.3, 0.4) is 0 Å². The van der Waals surface area contributed by atoms with Gasteiger partial charge in [-0.25, -0.2) is 4.98 Å². The molecule has 0 saturated heterocycles. The fourth-order valence-corrected chi connectivity index (χ4v) is 1.79. The third kappa shape index (κ3) is 3.75. The third-order valence-corrected chi connectivity index (χ3v) is 2.66. The monoisotopic (exact) mass is 461 g/mol. The van der Waals surface area contributed by atoms with Gasteiger partial charge in [-0.3, -0.25) is 4.98 Å². The van der Waals surface area contributed by atoms with Gasteiger partial charge < -0.3 is 12.4 Å². The molecule has 0 saturated carbocycles. The summed E-state index contributed by atoms with van der Waals surface area (Å²) in [5.41, 5.74) is 3.68. The maximum Gasteiger partial charge on any atom is 0.0893 e. The van der Waals surface area contributed by atoms with Gasteiger partial charge >= 0.3 is 0 Å². The third-order valence-electron chi connectivity index (χ3n) is 2.66. The Balaban J connectivity index is 0.000001000. The van der Waals surface area contributed by atoms with Crippen LogP contribution in [0.4, 0.5) is 0 Å². The number of nitrogens with zero attached hydrogens (tertiary/aromatic N) is 2. The largest absolute Gasteiger partial charge is 1.00 e. The summed E-state index contributed by atoms with van der Waals surface area (Å²) in [6.45, 7) is 0. The summed E-state index contributed by atoms with van der Waals surface area (Å²) >= 11 is 0. The summed E-state index contributed by atoms with van der Waals surface area (Å²) in [6.07, 6.45) is 1.78. The molecule has 0 atom stereocenters. The Bertz CT molecular complexity index is 590. The van der Waals surface area contributed by atoms with Gasteiger partial charge in [0.15, 0.2) is 0 Å². The number of halogens is 1. The topological polar surface area (TPSA) is 25.8 Å². The maximum absolute atomic E-state index is 4.62. The number of hydrogen-bond acceptors (Lipinski definition) is 2. The first-order chi connectivity index (χ1) is 8.93. The summed E-state index contributed by atoms with van der Waals surface area (Å²) < 4.78 is 0. The van der Waals surface area contributed by atoms with Crippen molar-refractivity contribution in [2.75, 3.05) is 0 Å². The molecule has 2 heterocycles. The number of pyridine rings is 2. The zero-order valence-electron chi connectivity index (χ0n) is 10.4. The molecule has 0 aliphatic carbocycles. The zero-order chi connectivity index (χ0) is 12.2. The van der Waals surface area contributed by atoms with Gasteiger partial charge in [-0.05, 0) is 30.3 Å². The van der Waals surface area contributed by atoms with Crippen molar-refractivity contribution in [3.05, 3.63) is 72.9 Å². The SMILES string of the molecule is [Cl-].[Pt].[c]1ccccc1-c1cccc(-c2ccccn2)n1. The van der Waals surface area contributed by atoms with Gasteiger partial charge in [0.25, 0.3) is 0 Å². The molecule has 0 amide bonds. The summed E-state index contributed by atoms with van der Waals surface area (Å²) in [6, 6.07) is 22.8. The van der Waals surface area contributed by atoms with E-state index in [9.17, 15) is 0 Å². The Hall–Kier alpha value is -1.50. The molecule has 0 aliphatic heterocycles. The molecule has 0 spiro atoms. The quantitative estimate of drug-likeness (QED) is 0.559. The van der Waals surface area contributed by atoms with Gasteiger partial charge in [0.05, 0.1) is 17.1 Å². The van der Waals surface area contributed by atoms with E-state index in [1.807, 2.05) is 60.7 Å². The predicted molar refractivity (Wildman–Crippen MR) is 71.7 cm³/mol. The first kappa shape index (κ1) is 16.6. The van der Waals surface area contributed by atoms with Crippen molar-refractivity contribution >= 4 is 0 Å². The molecule has 20 heavy (non-hydrogen) atoms. The molecule has 0 unspecified atom stereocenters. The molecule has 0 aliphatic rings. The zero-order valence-corrected chi connectivity index (χ0v) is 13.5. The van der Waals surface area contributed by atoms with Crippen molar-refractivity contribution in [1.82, 2.24) is 9.97 Å². The van der Waals surface area contributed by atoms with Crippen LogP contribution < -0.4 is 12.4 Å². The van der Waals surface area contributed by atoms with Crippen LogP contribution in [0, 0.1) is 6.07 Å². The number of benzene rings is 1. The van der Waals surface area contributed by atoms with E-state index >= 15 is 0 Å². The van der Waals surface area contributed by atoms with E-state index in [-0.39, 0.29) is 33.5 Å². The van der Waals surface area contributed by atoms with Crippen LogP contribution in [0.1, 0.15) is 0 Å². The van der Waals surface area contributed by atoms with E-state index in [2.05, 4.69) is 16.0 Å². The van der Waals surface area contributed by atoms with Crippen LogP contribution in [0.25, 0.3) is 22.6 Å². The smallest absolute Gasteiger partial charge is 0.0893 e. The molecule has 0 N–H and O–H groups in total. The van der Waals surface area contributed by atoms with E-state index in [0.29, 0.717) is 0 Å². The van der Waals surface area contributed by atoms with Gasteiger partial charge in [0.1, 0.15) is 0 Å². The Morgan fingerprint density at radius 1 is 0.750 bits per heavy atom. The van der Waals surface area contributed by atoms with E-state index < -0.39 is 0 Å². The van der Waals surface area contributed by atoms with Gasteiger partial charge in [-0.2, -0.15) is 0 Å². The van der Waals surface area contributed by atoms with Gasteiger partial charge in [0.2, 0.25) is 0 Å². The number of hydrogen-bond donors (Lipinski definition) is 0. The molecule has 2 nitrogen and oxygen atoms in total. The molecule has 1 radical (unpaired) electrons. The summed E-state index contributed by atoms with van der Waals surface area (Å²) in [5.74, 6) is 0. The van der Waals surface area contributed by atoms with E-state index in [0.717, 1.165) is 22.6 Å². The fraction of sp³-hybridized carbons (Fsp3) is 0. The minimum atomic E-state index is 0. The Morgan fingerprint density at radius 2 is 1.50 bits per heavy atom. The minimum absolute atomic E-state index is 0. The van der Waals surface area contributed by atoms with Crippen LogP contribution >= 0.6 is 0 Å². The standard InChI is InChI=1S/C16H11N2.ClH.Pt/c1-2-7-13(8-3-1)14-10-6-11-16(18-14)15-9-4-5-12-17-15;;/h1-7,9-12H;1H;/p-1. The van der Waals surface area contributed by atoms with Gasteiger partial charge in [-0.15, -0.1) is 0 Å². The number of aromatic nitrogens is 2. The Morgan fingerprint density at radius 3 is 2.20 bits per heavy atom. The molecule has 103 valence electrons. The second kappa shape index (κ2) is 7.94. The summed E-state index contributed by atoms with van der Waals surface area (Å²) in [7, 11) is 0.